The second kappa shape index (κ2) is 10.3. The van der Waals surface area contributed by atoms with Crippen molar-refractivity contribution in [2.45, 2.75) is 6.61 Å². The number of halogens is 1. The predicted octanol–water partition coefficient (Wildman–Crippen LogP) is 4.70. The molecule has 0 unspecified atom stereocenters. The molecule has 0 saturated heterocycles. The van der Waals surface area contributed by atoms with E-state index in [9.17, 15) is 4.79 Å². The van der Waals surface area contributed by atoms with Gasteiger partial charge in [-0.25, -0.2) is 5.43 Å². The number of hydrogen-bond donors (Lipinski definition) is 1. The molecule has 0 spiro atoms. The number of amides is 1. The average molecular weight is 425 g/mol. The summed E-state index contributed by atoms with van der Waals surface area (Å²) in [5.74, 6) is 1.52. The van der Waals surface area contributed by atoms with Crippen molar-refractivity contribution in [1.29, 1.82) is 0 Å². The molecule has 154 valence electrons. The topological polar surface area (TPSA) is 69.2 Å². The van der Waals surface area contributed by atoms with Crippen LogP contribution in [0.15, 0.2) is 71.8 Å². The largest absolute Gasteiger partial charge is 0.497 e. The van der Waals surface area contributed by atoms with Crippen molar-refractivity contribution < 1.29 is 19.0 Å². The van der Waals surface area contributed by atoms with Crippen LogP contribution in [0.2, 0.25) is 5.02 Å². The molecule has 7 heteroatoms. The van der Waals surface area contributed by atoms with E-state index in [0.717, 1.165) is 11.1 Å². The lowest BCUT2D eigenvalue weighted by Crippen LogP contribution is -2.17. The summed E-state index contributed by atoms with van der Waals surface area (Å²) in [6.45, 7) is 0.363. The Balaban J connectivity index is 1.61. The summed E-state index contributed by atoms with van der Waals surface area (Å²) in [5.41, 5.74) is 4.68. The number of methoxy groups -OCH3 is 2. The number of benzene rings is 3. The van der Waals surface area contributed by atoms with E-state index in [-0.39, 0.29) is 5.91 Å². The molecule has 0 aromatic heterocycles. The van der Waals surface area contributed by atoms with Gasteiger partial charge in [0.15, 0.2) is 11.5 Å². The minimum absolute atomic E-state index is 0.317. The summed E-state index contributed by atoms with van der Waals surface area (Å²) in [7, 11) is 3.13. The number of nitrogens with zero attached hydrogens (tertiary/aromatic N) is 1. The smallest absolute Gasteiger partial charge is 0.271 e. The van der Waals surface area contributed by atoms with Gasteiger partial charge in [0.1, 0.15) is 12.4 Å². The lowest BCUT2D eigenvalue weighted by Gasteiger charge is -2.11. The van der Waals surface area contributed by atoms with Crippen molar-refractivity contribution in [2.75, 3.05) is 14.2 Å². The van der Waals surface area contributed by atoms with Gasteiger partial charge in [-0.15, -0.1) is 0 Å². The maximum absolute atomic E-state index is 12.1. The summed E-state index contributed by atoms with van der Waals surface area (Å²) in [4.78, 5) is 12.1. The Morgan fingerprint density at radius 1 is 1.00 bits per heavy atom. The van der Waals surface area contributed by atoms with Crippen LogP contribution >= 0.6 is 11.6 Å². The molecule has 0 saturated carbocycles. The Morgan fingerprint density at radius 3 is 2.50 bits per heavy atom. The van der Waals surface area contributed by atoms with E-state index in [1.807, 2.05) is 30.3 Å². The van der Waals surface area contributed by atoms with Crippen LogP contribution in [0.1, 0.15) is 21.5 Å². The van der Waals surface area contributed by atoms with Gasteiger partial charge in [0, 0.05) is 10.6 Å². The van der Waals surface area contributed by atoms with Crippen molar-refractivity contribution in [2.24, 2.45) is 5.10 Å². The number of hydrogen-bond acceptors (Lipinski definition) is 5. The molecule has 0 heterocycles. The minimum atomic E-state index is -0.317. The molecule has 30 heavy (non-hydrogen) atoms. The third kappa shape index (κ3) is 5.75. The first kappa shape index (κ1) is 21.2. The highest BCUT2D eigenvalue weighted by molar-refractivity contribution is 6.30. The van der Waals surface area contributed by atoms with Crippen molar-refractivity contribution in [1.82, 2.24) is 5.43 Å². The molecular weight excluding hydrogens is 404 g/mol. The van der Waals surface area contributed by atoms with Crippen LogP contribution in [0.3, 0.4) is 0 Å². The number of rotatable bonds is 8. The average Bonchev–Trinajstić information content (AvgIpc) is 2.78. The molecular formula is C23H21ClN2O4. The molecule has 3 aromatic rings. The van der Waals surface area contributed by atoms with Gasteiger partial charge in [-0.05, 0) is 65.7 Å². The number of carbonyl (C=O) groups is 1. The first-order valence-electron chi connectivity index (χ1n) is 9.12. The second-order valence-corrected chi connectivity index (χ2v) is 6.69. The molecule has 0 atom stereocenters. The van der Waals surface area contributed by atoms with Gasteiger partial charge in [0.2, 0.25) is 0 Å². The molecule has 0 aliphatic heterocycles. The molecule has 1 N–H and O–H groups in total. The molecule has 0 aliphatic rings. The maximum Gasteiger partial charge on any atom is 0.271 e. The Bertz CT molecular complexity index is 1040. The Morgan fingerprint density at radius 2 is 1.80 bits per heavy atom. The van der Waals surface area contributed by atoms with Crippen LogP contribution < -0.4 is 19.6 Å². The van der Waals surface area contributed by atoms with E-state index in [0.29, 0.717) is 34.4 Å². The van der Waals surface area contributed by atoms with Crippen molar-refractivity contribution in [3.05, 3.63) is 88.4 Å². The Hall–Kier alpha value is -3.51. The van der Waals surface area contributed by atoms with Crippen LogP contribution in [0.4, 0.5) is 0 Å². The lowest BCUT2D eigenvalue weighted by molar-refractivity contribution is 0.0955. The molecule has 3 rings (SSSR count). The van der Waals surface area contributed by atoms with Gasteiger partial charge in [0.05, 0.1) is 20.4 Å². The van der Waals surface area contributed by atoms with E-state index in [4.69, 9.17) is 25.8 Å². The first-order valence-corrected chi connectivity index (χ1v) is 9.49. The molecule has 0 bridgehead atoms. The minimum Gasteiger partial charge on any atom is -0.497 e. The fourth-order valence-electron chi connectivity index (χ4n) is 2.64. The monoisotopic (exact) mass is 424 g/mol. The van der Waals surface area contributed by atoms with Gasteiger partial charge in [0.25, 0.3) is 5.91 Å². The van der Waals surface area contributed by atoms with E-state index >= 15 is 0 Å². The quantitative estimate of drug-likeness (QED) is 0.420. The summed E-state index contributed by atoms with van der Waals surface area (Å²) < 4.78 is 16.3. The second-order valence-electron chi connectivity index (χ2n) is 6.26. The zero-order valence-corrected chi connectivity index (χ0v) is 17.3. The number of carbonyl (C=O) groups excluding carboxylic acids is 1. The first-order chi connectivity index (χ1) is 14.6. The van der Waals surface area contributed by atoms with Gasteiger partial charge in [-0.3, -0.25) is 4.79 Å². The van der Waals surface area contributed by atoms with Crippen LogP contribution in [-0.2, 0) is 6.61 Å². The van der Waals surface area contributed by atoms with Crippen LogP contribution in [-0.4, -0.2) is 26.3 Å². The van der Waals surface area contributed by atoms with Gasteiger partial charge in [-0.2, -0.15) is 5.10 Å². The van der Waals surface area contributed by atoms with E-state index in [2.05, 4.69) is 10.5 Å². The van der Waals surface area contributed by atoms with Gasteiger partial charge < -0.3 is 14.2 Å². The summed E-state index contributed by atoms with van der Waals surface area (Å²) in [6, 6.07) is 19.6. The highest BCUT2D eigenvalue weighted by Crippen LogP contribution is 2.28. The molecule has 1 amide bonds. The van der Waals surface area contributed by atoms with E-state index in [1.165, 1.54) is 6.21 Å². The summed E-state index contributed by atoms with van der Waals surface area (Å²) >= 11 is 6.00. The fourth-order valence-corrected chi connectivity index (χ4v) is 2.86. The SMILES string of the molecule is COc1ccc(C(=O)NN=Cc2ccc(OCc3cccc(Cl)c3)c(OC)c2)cc1. The molecule has 0 radical (unpaired) electrons. The normalized spacial score (nSPS) is 10.6. The highest BCUT2D eigenvalue weighted by Gasteiger charge is 2.07. The van der Waals surface area contributed by atoms with Crippen molar-refractivity contribution in [3.63, 3.8) is 0 Å². The standard InChI is InChI=1S/C23H21ClN2O4/c1-28-20-9-7-18(8-10-20)23(27)26-25-14-16-6-11-21(22(13-16)29-2)30-15-17-4-3-5-19(24)12-17/h3-14H,15H2,1-2H3,(H,26,27). The third-order valence-corrected chi connectivity index (χ3v) is 4.44. The zero-order valence-electron chi connectivity index (χ0n) is 16.6. The molecule has 6 nitrogen and oxygen atoms in total. The molecule has 3 aromatic carbocycles. The molecule has 0 aliphatic carbocycles. The van der Waals surface area contributed by atoms with Gasteiger partial charge >= 0.3 is 0 Å². The van der Waals surface area contributed by atoms with Gasteiger partial charge in [-0.1, -0.05) is 23.7 Å². The fraction of sp³-hybridized carbons (Fsp3) is 0.130. The highest BCUT2D eigenvalue weighted by atomic mass is 35.5. The Kier molecular flexibility index (Phi) is 7.29. The summed E-state index contributed by atoms with van der Waals surface area (Å²) in [5, 5.41) is 4.66. The number of hydrazone groups is 1. The summed E-state index contributed by atoms with van der Waals surface area (Å²) in [6.07, 6.45) is 1.53. The maximum atomic E-state index is 12.1. The van der Waals surface area contributed by atoms with Crippen LogP contribution in [0.5, 0.6) is 17.2 Å². The molecule has 0 fully saturated rings. The van der Waals surface area contributed by atoms with Crippen LogP contribution in [0, 0.1) is 0 Å². The van der Waals surface area contributed by atoms with Crippen LogP contribution in [0.25, 0.3) is 0 Å². The zero-order chi connectivity index (χ0) is 21.3. The Labute approximate surface area is 180 Å². The number of ether oxygens (including phenoxy) is 3. The number of nitrogens with one attached hydrogen (secondary N) is 1. The van der Waals surface area contributed by atoms with Crippen molar-refractivity contribution in [3.8, 4) is 17.2 Å². The van der Waals surface area contributed by atoms with E-state index in [1.54, 1.807) is 50.6 Å². The lowest BCUT2D eigenvalue weighted by atomic mass is 10.2. The van der Waals surface area contributed by atoms with E-state index < -0.39 is 0 Å². The van der Waals surface area contributed by atoms with Crippen molar-refractivity contribution >= 4 is 23.7 Å². The third-order valence-electron chi connectivity index (χ3n) is 4.20. The predicted molar refractivity (Wildman–Crippen MR) is 117 cm³/mol.